The van der Waals surface area contributed by atoms with Crippen LogP contribution in [-0.2, 0) is 10.0 Å². The normalized spacial score (nSPS) is 11.4. The van der Waals surface area contributed by atoms with E-state index in [9.17, 15) is 8.42 Å². The van der Waals surface area contributed by atoms with Gasteiger partial charge in [0.15, 0.2) is 0 Å². The molecule has 0 fully saturated rings. The predicted octanol–water partition coefficient (Wildman–Crippen LogP) is 5.40. The van der Waals surface area contributed by atoms with Gasteiger partial charge >= 0.3 is 0 Å². The van der Waals surface area contributed by atoms with Crippen molar-refractivity contribution in [1.82, 2.24) is 19.9 Å². The Bertz CT molecular complexity index is 1600. The maximum Gasteiger partial charge on any atom is 0.264 e. The Morgan fingerprint density at radius 1 is 0.944 bits per heavy atom. The molecular formula is C25H22N6O3S2. The van der Waals surface area contributed by atoms with Gasteiger partial charge in [0, 0.05) is 28.5 Å². The van der Waals surface area contributed by atoms with Gasteiger partial charge in [-0.3, -0.25) is 0 Å². The minimum Gasteiger partial charge on any atom is -0.494 e. The maximum absolute atomic E-state index is 12.7. The van der Waals surface area contributed by atoms with Crippen molar-refractivity contribution in [1.29, 1.82) is 0 Å². The molecule has 0 aliphatic rings. The van der Waals surface area contributed by atoms with Crippen LogP contribution in [0.3, 0.4) is 0 Å². The smallest absolute Gasteiger partial charge is 0.264 e. The number of nitrogens with one attached hydrogen (secondary N) is 2. The molecule has 9 nitrogen and oxygen atoms in total. The summed E-state index contributed by atoms with van der Waals surface area (Å²) >= 11 is 1.60. The minimum absolute atomic E-state index is 0.0118. The quantitative estimate of drug-likeness (QED) is 0.280. The molecule has 36 heavy (non-hydrogen) atoms. The molecule has 2 N–H and O–H groups in total. The van der Waals surface area contributed by atoms with E-state index in [-0.39, 0.29) is 10.8 Å². The Hall–Kier alpha value is -4.09. The summed E-state index contributed by atoms with van der Waals surface area (Å²) in [6.07, 6.45) is 4.45. The van der Waals surface area contributed by atoms with E-state index in [4.69, 9.17) is 4.74 Å². The van der Waals surface area contributed by atoms with Crippen molar-refractivity contribution in [2.45, 2.75) is 18.7 Å². The SMILES string of the molecule is CCOc1ccc(-c2c(C)sc3ncnc(Nc4ccc(S(=O)(=O)Nc5ncccn5)cc4)c23)cc1. The van der Waals surface area contributed by atoms with E-state index in [2.05, 4.69) is 36.9 Å². The van der Waals surface area contributed by atoms with E-state index in [0.717, 1.165) is 32.0 Å². The van der Waals surface area contributed by atoms with E-state index >= 15 is 0 Å². The van der Waals surface area contributed by atoms with Crippen molar-refractivity contribution in [2.75, 3.05) is 16.6 Å². The Morgan fingerprint density at radius 2 is 1.67 bits per heavy atom. The number of thiophene rings is 1. The number of nitrogens with zero attached hydrogens (tertiary/aromatic N) is 4. The highest BCUT2D eigenvalue weighted by atomic mass is 32.2. The first-order valence-corrected chi connectivity index (χ1v) is 13.4. The van der Waals surface area contributed by atoms with Crippen molar-refractivity contribution >= 4 is 49.0 Å². The number of benzene rings is 2. The number of hydrogen-bond donors (Lipinski definition) is 2. The molecule has 0 unspecified atom stereocenters. The molecule has 0 spiro atoms. The molecule has 5 aromatic rings. The standard InChI is InChI=1S/C25H22N6O3S2/c1-3-34-19-9-5-17(6-10-19)21-16(2)35-24-22(21)23(28-15-29-24)30-18-7-11-20(12-8-18)36(32,33)31-25-26-13-4-14-27-25/h4-15H,3H2,1-2H3,(H,26,27,31)(H,28,29,30). The van der Waals surface area contributed by atoms with E-state index in [1.165, 1.54) is 30.9 Å². The Morgan fingerprint density at radius 3 is 2.36 bits per heavy atom. The van der Waals surface area contributed by atoms with E-state index in [1.807, 2.05) is 31.2 Å². The second-order valence-corrected chi connectivity index (χ2v) is 10.6. The van der Waals surface area contributed by atoms with Crippen LogP contribution < -0.4 is 14.8 Å². The average Bonchev–Trinajstić information content (AvgIpc) is 3.22. The second-order valence-electron chi connectivity index (χ2n) is 7.72. The Labute approximate surface area is 212 Å². The summed E-state index contributed by atoms with van der Waals surface area (Å²) in [5, 5.41) is 4.23. The largest absolute Gasteiger partial charge is 0.494 e. The van der Waals surface area contributed by atoms with Gasteiger partial charge in [0.05, 0.1) is 16.9 Å². The van der Waals surface area contributed by atoms with Gasteiger partial charge < -0.3 is 10.1 Å². The third-order valence-corrected chi connectivity index (χ3v) is 7.69. The number of anilines is 3. The van der Waals surface area contributed by atoms with Crippen LogP contribution in [0.15, 0.2) is 78.2 Å². The van der Waals surface area contributed by atoms with Crippen molar-refractivity contribution < 1.29 is 13.2 Å². The number of sulfonamides is 1. The molecule has 0 saturated heterocycles. The lowest BCUT2D eigenvalue weighted by Crippen LogP contribution is -2.14. The number of aromatic nitrogens is 4. The molecule has 3 heterocycles. The van der Waals surface area contributed by atoms with Crippen molar-refractivity contribution in [3.8, 4) is 16.9 Å². The van der Waals surface area contributed by atoms with Crippen LogP contribution >= 0.6 is 11.3 Å². The molecule has 0 aliphatic carbocycles. The van der Waals surface area contributed by atoms with Crippen LogP contribution in [0.2, 0.25) is 0 Å². The summed E-state index contributed by atoms with van der Waals surface area (Å²) in [7, 11) is -3.82. The van der Waals surface area contributed by atoms with Gasteiger partial charge in [-0.25, -0.2) is 33.1 Å². The molecule has 0 bridgehead atoms. The molecule has 11 heteroatoms. The molecule has 182 valence electrons. The molecule has 3 aromatic heterocycles. The number of hydrogen-bond acceptors (Lipinski definition) is 9. The zero-order valence-electron chi connectivity index (χ0n) is 19.5. The molecule has 0 aliphatic heterocycles. The van der Waals surface area contributed by atoms with Gasteiger partial charge in [-0.1, -0.05) is 12.1 Å². The first kappa shape index (κ1) is 23.6. The van der Waals surface area contributed by atoms with E-state index < -0.39 is 10.0 Å². The average molecular weight is 519 g/mol. The van der Waals surface area contributed by atoms with Crippen molar-refractivity contribution in [2.24, 2.45) is 0 Å². The van der Waals surface area contributed by atoms with E-state index in [1.54, 1.807) is 29.5 Å². The highest BCUT2D eigenvalue weighted by Gasteiger charge is 2.18. The van der Waals surface area contributed by atoms with Crippen LogP contribution in [0.25, 0.3) is 21.3 Å². The summed E-state index contributed by atoms with van der Waals surface area (Å²) in [4.78, 5) is 18.8. The fraction of sp³-hybridized carbons (Fsp3) is 0.120. The van der Waals surface area contributed by atoms with Crippen LogP contribution in [-0.4, -0.2) is 35.0 Å². The Kier molecular flexibility index (Phi) is 6.49. The molecule has 0 saturated carbocycles. The van der Waals surface area contributed by atoms with Gasteiger partial charge in [-0.15, -0.1) is 11.3 Å². The van der Waals surface area contributed by atoms with Gasteiger partial charge in [-0.05, 0) is 61.9 Å². The molecule has 0 amide bonds. The maximum atomic E-state index is 12.7. The lowest BCUT2D eigenvalue weighted by molar-refractivity contribution is 0.340. The molecule has 0 atom stereocenters. The summed E-state index contributed by atoms with van der Waals surface area (Å²) < 4.78 is 33.3. The fourth-order valence-corrected chi connectivity index (χ4v) is 5.73. The van der Waals surface area contributed by atoms with Crippen LogP contribution in [0, 0.1) is 6.92 Å². The van der Waals surface area contributed by atoms with Crippen molar-refractivity contribution in [3.05, 3.63) is 78.2 Å². The second kappa shape index (κ2) is 9.88. The van der Waals surface area contributed by atoms with Crippen LogP contribution in [0.4, 0.5) is 17.5 Å². The minimum atomic E-state index is -3.82. The van der Waals surface area contributed by atoms with Gasteiger partial charge in [0.25, 0.3) is 10.0 Å². The van der Waals surface area contributed by atoms with Gasteiger partial charge in [0.1, 0.15) is 22.7 Å². The van der Waals surface area contributed by atoms with E-state index in [0.29, 0.717) is 18.1 Å². The summed E-state index contributed by atoms with van der Waals surface area (Å²) in [5.74, 6) is 1.47. The molecule has 5 rings (SSSR count). The first-order chi connectivity index (χ1) is 17.4. The van der Waals surface area contributed by atoms with Crippen molar-refractivity contribution in [3.63, 3.8) is 0 Å². The molecule has 2 aromatic carbocycles. The predicted molar refractivity (Wildman–Crippen MR) is 141 cm³/mol. The van der Waals surface area contributed by atoms with Crippen LogP contribution in [0.5, 0.6) is 5.75 Å². The number of rotatable bonds is 8. The lowest BCUT2D eigenvalue weighted by atomic mass is 10.0. The topological polar surface area (TPSA) is 119 Å². The monoisotopic (exact) mass is 518 g/mol. The van der Waals surface area contributed by atoms with Gasteiger partial charge in [0.2, 0.25) is 5.95 Å². The number of fused-ring (bicyclic) bond motifs is 1. The highest BCUT2D eigenvalue weighted by Crippen LogP contribution is 2.41. The summed E-state index contributed by atoms with van der Waals surface area (Å²) in [5.41, 5.74) is 2.77. The highest BCUT2D eigenvalue weighted by molar-refractivity contribution is 7.92. The number of ether oxygens (including phenoxy) is 1. The summed E-state index contributed by atoms with van der Waals surface area (Å²) in [6.45, 7) is 4.62. The zero-order chi connectivity index (χ0) is 25.1. The Balaban J connectivity index is 1.44. The number of aryl methyl sites for hydroxylation is 1. The van der Waals surface area contributed by atoms with Crippen LogP contribution in [0.1, 0.15) is 11.8 Å². The fourth-order valence-electron chi connectivity index (χ4n) is 3.76. The third kappa shape index (κ3) is 4.83. The summed E-state index contributed by atoms with van der Waals surface area (Å²) in [6, 6.07) is 16.0. The molecular weight excluding hydrogens is 496 g/mol. The first-order valence-electron chi connectivity index (χ1n) is 11.1. The van der Waals surface area contributed by atoms with Gasteiger partial charge in [-0.2, -0.15) is 0 Å². The zero-order valence-corrected chi connectivity index (χ0v) is 21.1. The molecule has 0 radical (unpaired) electrons. The lowest BCUT2D eigenvalue weighted by Gasteiger charge is -2.11. The third-order valence-electron chi connectivity index (χ3n) is 5.34.